The monoisotopic (exact) mass is 1220 g/mol. The number of rotatable bonds is 4. The van der Waals surface area contributed by atoms with Crippen molar-refractivity contribution in [2.45, 2.75) is 68.0 Å². The van der Waals surface area contributed by atoms with Gasteiger partial charge in [0, 0.05) is 83.4 Å². The summed E-state index contributed by atoms with van der Waals surface area (Å²) in [5.74, 6) is -6.50. The molecule has 4 aromatic heterocycles. The van der Waals surface area contributed by atoms with Crippen molar-refractivity contribution >= 4 is 35.8 Å². The molecular formula is C36H42Gd2N4Ni2O16. The number of carbonyl (C=O) groups is 6. The maximum absolute atomic E-state index is 10.1. The van der Waals surface area contributed by atoms with E-state index in [1.165, 1.54) is 0 Å². The second kappa shape index (κ2) is 65.0. The number of nitrogens with zero attached hydrogens (tertiary/aromatic N) is 4. The van der Waals surface area contributed by atoms with Crippen LogP contribution in [0.3, 0.4) is 0 Å². The van der Waals surface area contributed by atoms with E-state index in [1.807, 2.05) is 0 Å². The van der Waals surface area contributed by atoms with Gasteiger partial charge >= 0.3 is 113 Å². The Labute approximate surface area is 432 Å². The molecule has 0 N–H and O–H groups in total. The molecule has 4 heterocycles. The van der Waals surface area contributed by atoms with Gasteiger partial charge in [0.25, 0.3) is 0 Å². The summed E-state index contributed by atoms with van der Waals surface area (Å²) in [5, 5.41) is 93.6. The summed E-state index contributed by atoms with van der Waals surface area (Å²) in [6.07, 6.45) is 6.47. The average molecular weight is 1220 g/mol. The van der Waals surface area contributed by atoms with E-state index < -0.39 is 35.8 Å². The maximum atomic E-state index is 10.1. The molecule has 338 valence electrons. The van der Waals surface area contributed by atoms with Gasteiger partial charge in [-0.3, -0.25) is 19.9 Å². The molecule has 0 spiro atoms. The first-order valence-electron chi connectivity index (χ1n) is 15.1. The van der Waals surface area contributed by atoms with E-state index in [-0.39, 0.29) is 139 Å². The van der Waals surface area contributed by atoms with Gasteiger partial charge in [-0.2, -0.15) is 0 Å². The van der Waals surface area contributed by atoms with E-state index in [9.17, 15) is 20.4 Å². The van der Waals surface area contributed by atoms with Crippen molar-refractivity contribution in [2.24, 2.45) is 0 Å². The molecule has 0 aliphatic rings. The third-order valence-corrected chi connectivity index (χ3v) is 3.50. The van der Waals surface area contributed by atoms with Gasteiger partial charge in [0.1, 0.15) is 0 Å². The van der Waals surface area contributed by atoms with Crippen LogP contribution in [0, 0.1) is 79.9 Å². The van der Waals surface area contributed by atoms with Crippen molar-refractivity contribution in [3.8, 4) is 0 Å². The van der Waals surface area contributed by atoms with Crippen molar-refractivity contribution < 1.29 is 193 Å². The summed E-state index contributed by atoms with van der Waals surface area (Å²) in [7, 11) is 0. The summed E-state index contributed by atoms with van der Waals surface area (Å²) < 4.78 is 0. The molecule has 0 aliphatic carbocycles. The van der Waals surface area contributed by atoms with Gasteiger partial charge in [-0.25, -0.2) is 0 Å². The second-order valence-electron chi connectivity index (χ2n) is 8.81. The molecule has 4 rings (SSSR count). The molecule has 0 saturated heterocycles. The van der Waals surface area contributed by atoms with Crippen molar-refractivity contribution in [3.05, 3.63) is 120 Å². The molecule has 0 aromatic carbocycles. The Kier molecular flexibility index (Phi) is 87.6. The van der Waals surface area contributed by atoms with Crippen LogP contribution < -0.4 is 51.1 Å². The van der Waals surface area contributed by atoms with E-state index >= 15 is 0 Å². The van der Waals surface area contributed by atoms with Crippen LogP contribution in [-0.4, -0.2) is 55.8 Å². The van der Waals surface area contributed by atoms with Crippen LogP contribution in [0.15, 0.2) is 97.6 Å². The molecule has 0 saturated carbocycles. The zero-order valence-corrected chi connectivity index (χ0v) is 39.2. The first-order chi connectivity index (χ1) is 26.1. The zero-order valence-electron chi connectivity index (χ0n) is 32.7. The summed E-state index contributed by atoms with van der Waals surface area (Å²) in [6, 6.07) is 21.2. The summed E-state index contributed by atoms with van der Waals surface area (Å²) in [4.78, 5) is 68.5. The number of hydrogen-bond donors (Lipinski definition) is 0. The van der Waals surface area contributed by atoms with Crippen molar-refractivity contribution in [2.75, 3.05) is 0 Å². The smallest absolute Gasteiger partial charge is 0.850 e. The topological polar surface area (TPSA) is 385 Å². The Morgan fingerprint density at radius 1 is 0.350 bits per heavy atom. The Morgan fingerprint density at radius 3 is 0.517 bits per heavy atom. The molecule has 60 heavy (non-hydrogen) atoms. The summed E-state index contributed by atoms with van der Waals surface area (Å²) in [5.41, 5.74) is 2.42. The Bertz CT molecular complexity index is 1250. The predicted octanol–water partition coefficient (Wildman–Crippen LogP) is -7.70. The molecule has 2 radical (unpaired) electrons. The second-order valence-corrected chi connectivity index (χ2v) is 8.81. The first-order valence-corrected chi connectivity index (χ1v) is 15.1. The first kappa shape index (κ1) is 80.8. The van der Waals surface area contributed by atoms with Crippen LogP contribution in [0.2, 0.25) is 0 Å². The van der Waals surface area contributed by atoms with Gasteiger partial charge in [-0.1, -0.05) is 50.7 Å². The molecular weight excluding hydrogens is 1180 g/mol. The third kappa shape index (κ3) is 117. The van der Waals surface area contributed by atoms with E-state index in [0.29, 0.717) is 22.8 Å². The van der Waals surface area contributed by atoms with Crippen LogP contribution in [0.1, 0.15) is 64.3 Å². The average Bonchev–Trinajstić information content (AvgIpc) is 3.12. The normalized spacial score (nSPS) is 7.37. The molecule has 0 unspecified atom stereocenters. The van der Waals surface area contributed by atoms with E-state index in [1.54, 1.807) is 97.6 Å². The number of pyridine rings is 4. The Balaban J connectivity index is -0.0000000586. The van der Waals surface area contributed by atoms with Gasteiger partial charge in [-0.05, 0) is 90.1 Å². The van der Waals surface area contributed by atoms with E-state index in [2.05, 4.69) is 19.9 Å². The molecule has 20 nitrogen and oxygen atoms in total. The van der Waals surface area contributed by atoms with Crippen LogP contribution in [0.4, 0.5) is 0 Å². The number of aliphatic carboxylic acids is 6. The number of aromatic nitrogens is 4. The number of carboxylic acid groups (broad SMARTS) is 6. The van der Waals surface area contributed by atoms with Crippen molar-refractivity contribution in [3.63, 3.8) is 0 Å². The molecule has 0 bridgehead atoms. The molecule has 0 amide bonds. The minimum atomic E-state index is -1.08. The fourth-order valence-corrected chi connectivity index (χ4v) is 1.93. The summed E-state index contributed by atoms with van der Waals surface area (Å²) in [6.45, 7) is 4.95. The van der Waals surface area contributed by atoms with Crippen LogP contribution in [-0.2, 0) is 88.2 Å². The molecule has 0 fully saturated rings. The van der Waals surface area contributed by atoms with E-state index in [4.69, 9.17) is 59.4 Å². The standard InChI is InChI=1S/4C6H6NO.6C2H4O2.2Gd.2Ni/c4*8-5-6-3-1-2-4-7-6;6*1-2(3)4;;;;/h4*1-4H,5H2;6*1H3,(H,3,4);;;;/q4*-1;;;;;;;2*+3;2*+2/p-6. The van der Waals surface area contributed by atoms with Gasteiger partial charge in [0.05, 0.1) is 0 Å². The molecule has 0 atom stereocenters. The SMILES string of the molecule is CC(=O)[O-].CC(=O)[O-].CC(=O)[O-].CC(=O)[O-].CC(=O)[O-].CC(=O)[O-].[Gd+3].[Gd+3].[Ni+2].[Ni+2].[O-]Cc1ccccn1.[O-]Cc1ccccn1.[O-]Cc1ccccn1.[O-]Cc1ccccn1. The number of hydrogen-bond acceptors (Lipinski definition) is 20. The van der Waals surface area contributed by atoms with Gasteiger partial charge < -0.3 is 79.8 Å². The minimum absolute atomic E-state index is 0. The van der Waals surface area contributed by atoms with Crippen molar-refractivity contribution in [1.29, 1.82) is 0 Å². The largest absolute Gasteiger partial charge is 3.00 e. The van der Waals surface area contributed by atoms with Gasteiger partial charge in [-0.15, -0.1) is 0 Å². The fourth-order valence-electron chi connectivity index (χ4n) is 1.93. The quantitative estimate of drug-likeness (QED) is 0.171. The third-order valence-electron chi connectivity index (χ3n) is 3.50. The molecule has 24 heteroatoms. The Hall–Kier alpha value is -3.10. The van der Waals surface area contributed by atoms with Crippen molar-refractivity contribution in [1.82, 2.24) is 19.9 Å². The fraction of sp³-hybridized carbons (Fsp3) is 0.278. The summed E-state index contributed by atoms with van der Waals surface area (Å²) >= 11 is 0. The number of carboxylic acids is 6. The molecule has 4 aromatic rings. The van der Waals surface area contributed by atoms with Gasteiger partial charge in [0.15, 0.2) is 0 Å². The number of carbonyl (C=O) groups excluding carboxylic acids is 6. The predicted molar refractivity (Wildman–Crippen MR) is 176 cm³/mol. The van der Waals surface area contributed by atoms with Crippen LogP contribution in [0.25, 0.3) is 0 Å². The minimum Gasteiger partial charge on any atom is -0.850 e. The maximum Gasteiger partial charge on any atom is 3.00 e. The van der Waals surface area contributed by atoms with E-state index in [0.717, 1.165) is 41.5 Å². The van der Waals surface area contributed by atoms with Crippen LogP contribution >= 0.6 is 0 Å². The Morgan fingerprint density at radius 2 is 0.467 bits per heavy atom. The molecule has 0 aliphatic heterocycles. The van der Waals surface area contributed by atoms with Gasteiger partial charge in [0.2, 0.25) is 0 Å². The van der Waals surface area contributed by atoms with Crippen LogP contribution in [0.5, 0.6) is 0 Å². The zero-order chi connectivity index (χ0) is 44.7.